The summed E-state index contributed by atoms with van der Waals surface area (Å²) in [7, 11) is 0. The molecule has 0 N–H and O–H groups in total. The number of carbonyl (C=O) groups excluding carboxylic acids is 1. The van der Waals surface area contributed by atoms with Crippen molar-refractivity contribution in [3.8, 4) is 5.75 Å². The van der Waals surface area contributed by atoms with E-state index in [-0.39, 0.29) is 35.5 Å². The van der Waals surface area contributed by atoms with Crippen molar-refractivity contribution < 1.29 is 27.4 Å². The highest BCUT2D eigenvalue weighted by Gasteiger charge is 2.33. The maximum Gasteiger partial charge on any atom is 0.416 e. The Kier molecular flexibility index (Phi) is 9.25. The van der Waals surface area contributed by atoms with Gasteiger partial charge in [0.15, 0.2) is 4.80 Å². The number of thiazole rings is 1. The molecule has 42 heavy (non-hydrogen) atoms. The fraction of sp³-hybridized carbons (Fsp3) is 0.500. The number of amides is 1. The van der Waals surface area contributed by atoms with Crippen molar-refractivity contribution in [3.05, 3.63) is 81.1 Å². The lowest BCUT2D eigenvalue weighted by Gasteiger charge is -2.25. The predicted molar refractivity (Wildman–Crippen MR) is 157 cm³/mol. The molecule has 1 aromatic heterocycles. The van der Waals surface area contributed by atoms with Crippen LogP contribution < -0.4 is 9.54 Å². The Labute approximate surface area is 248 Å². The molecule has 0 spiro atoms. The van der Waals surface area contributed by atoms with Crippen LogP contribution in [0.4, 0.5) is 13.2 Å². The molecule has 2 aliphatic heterocycles. The lowest BCUT2D eigenvalue weighted by Crippen LogP contribution is -2.33. The summed E-state index contributed by atoms with van der Waals surface area (Å²) in [6.45, 7) is 9.39. The molecule has 2 fully saturated rings. The summed E-state index contributed by atoms with van der Waals surface area (Å²) in [5, 5.41) is 0. The highest BCUT2D eigenvalue weighted by molar-refractivity contribution is 7.09. The van der Waals surface area contributed by atoms with Gasteiger partial charge in [-0.05, 0) is 61.4 Å². The monoisotopic (exact) mass is 601 g/mol. The zero-order valence-electron chi connectivity index (χ0n) is 24.3. The molecule has 5 rings (SSSR count). The van der Waals surface area contributed by atoms with Gasteiger partial charge in [0.2, 0.25) is 0 Å². The first-order chi connectivity index (χ1) is 20.0. The van der Waals surface area contributed by atoms with Crippen molar-refractivity contribution >= 4 is 17.2 Å². The minimum absolute atomic E-state index is 0.0131. The molecule has 0 radical (unpaired) electrons. The van der Waals surface area contributed by atoms with Gasteiger partial charge in [0.1, 0.15) is 12.4 Å². The van der Waals surface area contributed by atoms with Crippen molar-refractivity contribution in [2.24, 2.45) is 4.99 Å². The third-order valence-electron chi connectivity index (χ3n) is 7.78. The molecule has 2 atom stereocenters. The minimum atomic E-state index is -4.60. The second-order valence-corrected chi connectivity index (χ2v) is 13.1. The fourth-order valence-electron chi connectivity index (χ4n) is 5.39. The number of rotatable bonds is 8. The number of aromatic nitrogens is 1. The van der Waals surface area contributed by atoms with Gasteiger partial charge in [-0.15, -0.1) is 11.3 Å². The highest BCUT2D eigenvalue weighted by atomic mass is 32.1. The average molecular weight is 602 g/mol. The molecule has 2 aromatic carbocycles. The van der Waals surface area contributed by atoms with Crippen molar-refractivity contribution in [1.82, 2.24) is 9.47 Å². The molecule has 0 saturated carbocycles. The van der Waals surface area contributed by atoms with Gasteiger partial charge in [-0.3, -0.25) is 9.69 Å². The van der Waals surface area contributed by atoms with E-state index >= 15 is 0 Å². The van der Waals surface area contributed by atoms with Gasteiger partial charge in [0.05, 0.1) is 23.8 Å². The number of carbonyl (C=O) groups is 1. The van der Waals surface area contributed by atoms with Crippen LogP contribution in [0, 0.1) is 0 Å². The smallest absolute Gasteiger partial charge is 0.416 e. The van der Waals surface area contributed by atoms with Crippen molar-refractivity contribution in [2.45, 2.75) is 83.3 Å². The molecule has 6 nitrogen and oxygen atoms in total. The Morgan fingerprint density at radius 3 is 2.57 bits per heavy atom. The Morgan fingerprint density at radius 2 is 1.88 bits per heavy atom. The maximum absolute atomic E-state index is 13.7. The number of likely N-dealkylation sites (tertiary alicyclic amines) is 1. The zero-order valence-corrected chi connectivity index (χ0v) is 25.1. The molecule has 0 aliphatic carbocycles. The number of halogens is 3. The normalized spacial score (nSPS) is 20.4. The van der Waals surface area contributed by atoms with E-state index in [9.17, 15) is 18.0 Å². The van der Waals surface area contributed by atoms with Crippen LogP contribution in [0.2, 0.25) is 0 Å². The van der Waals surface area contributed by atoms with E-state index in [1.54, 1.807) is 0 Å². The van der Waals surface area contributed by atoms with Crippen LogP contribution in [0.1, 0.15) is 72.8 Å². The molecular weight excluding hydrogens is 563 g/mol. The molecule has 1 amide bonds. The number of hydrogen-bond donors (Lipinski definition) is 0. The van der Waals surface area contributed by atoms with E-state index in [1.165, 1.54) is 23.0 Å². The molecular formula is C32H38F3N3O3S. The van der Waals surface area contributed by atoms with E-state index < -0.39 is 17.6 Å². The van der Waals surface area contributed by atoms with E-state index in [0.29, 0.717) is 18.0 Å². The van der Waals surface area contributed by atoms with Crippen LogP contribution in [0.15, 0.2) is 59.7 Å². The first-order valence-corrected chi connectivity index (χ1v) is 15.3. The second-order valence-electron chi connectivity index (χ2n) is 12.1. The summed E-state index contributed by atoms with van der Waals surface area (Å²) in [6, 6.07) is 13.3. The minimum Gasteiger partial charge on any atom is -0.491 e. The van der Waals surface area contributed by atoms with Gasteiger partial charge in [-0.25, -0.2) is 0 Å². The van der Waals surface area contributed by atoms with Crippen LogP contribution in [-0.4, -0.2) is 47.3 Å². The van der Waals surface area contributed by atoms with E-state index in [4.69, 9.17) is 9.47 Å². The van der Waals surface area contributed by atoms with Crippen molar-refractivity contribution in [2.75, 3.05) is 19.8 Å². The largest absolute Gasteiger partial charge is 0.491 e. The molecule has 226 valence electrons. The number of benzene rings is 2. The van der Waals surface area contributed by atoms with Crippen LogP contribution >= 0.6 is 11.3 Å². The molecule has 3 heterocycles. The molecule has 3 aromatic rings. The first kappa shape index (κ1) is 30.5. The SMILES string of the molecule is CC(C)(C)c1cn(C[C@H]2CCCO2)c(=NC(=O)c2cc(C(F)(F)F)ccc2OC[C@@H]2CCCN2Cc2ccccc2)s1. The fourth-order valence-corrected chi connectivity index (χ4v) is 6.45. The Morgan fingerprint density at radius 1 is 1.10 bits per heavy atom. The number of ether oxygens (including phenoxy) is 2. The zero-order chi connectivity index (χ0) is 29.9. The highest BCUT2D eigenvalue weighted by Crippen LogP contribution is 2.34. The lowest BCUT2D eigenvalue weighted by atomic mass is 9.95. The molecule has 2 saturated heterocycles. The van der Waals surface area contributed by atoms with Crippen molar-refractivity contribution in [3.63, 3.8) is 0 Å². The quantitative estimate of drug-likeness (QED) is 0.284. The molecule has 0 unspecified atom stereocenters. The Balaban J connectivity index is 1.42. The summed E-state index contributed by atoms with van der Waals surface area (Å²) in [5.41, 5.74) is -0.0898. The van der Waals surface area contributed by atoms with E-state index in [1.807, 2.05) is 29.0 Å². The van der Waals surface area contributed by atoms with Gasteiger partial charge in [-0.1, -0.05) is 51.1 Å². The third kappa shape index (κ3) is 7.51. The number of hydrogen-bond acceptors (Lipinski definition) is 5. The summed E-state index contributed by atoms with van der Waals surface area (Å²) >= 11 is 1.37. The first-order valence-electron chi connectivity index (χ1n) is 14.5. The Hall–Kier alpha value is -2.95. The molecule has 0 bridgehead atoms. The van der Waals surface area contributed by atoms with Crippen LogP contribution in [-0.2, 0) is 29.4 Å². The maximum atomic E-state index is 13.7. The molecule has 2 aliphatic rings. The van der Waals surface area contributed by atoms with Crippen molar-refractivity contribution in [1.29, 1.82) is 0 Å². The standard InChI is InChI=1S/C32H38F3N3O3S/c1-31(2,3)28-20-38(19-25-12-8-16-40-25)30(42-28)36-29(39)26-17-23(32(33,34)35)13-14-27(26)41-21-24-11-7-15-37(24)18-22-9-5-4-6-10-22/h4-6,9-10,13-14,17,20,24-25H,7-8,11-12,15-16,18-19,21H2,1-3H3/t24-,25+/m0/s1. The summed E-state index contributed by atoms with van der Waals surface area (Å²) < 4.78 is 54.9. The second kappa shape index (κ2) is 12.7. The third-order valence-corrected chi connectivity index (χ3v) is 9.22. The molecule has 10 heteroatoms. The topological polar surface area (TPSA) is 56.1 Å². The number of nitrogens with zero attached hydrogens (tertiary/aromatic N) is 3. The predicted octanol–water partition coefficient (Wildman–Crippen LogP) is 6.83. The number of alkyl halides is 3. The lowest BCUT2D eigenvalue weighted by molar-refractivity contribution is -0.137. The van der Waals surface area contributed by atoms with Gasteiger partial charge in [0, 0.05) is 30.3 Å². The summed E-state index contributed by atoms with van der Waals surface area (Å²) in [4.78, 5) is 21.7. The van der Waals surface area contributed by atoms with Gasteiger partial charge in [0.25, 0.3) is 5.91 Å². The summed E-state index contributed by atoms with van der Waals surface area (Å²) in [5.74, 6) is -0.645. The average Bonchev–Trinajstić information content (AvgIpc) is 3.70. The van der Waals surface area contributed by atoms with Crippen LogP contribution in [0.25, 0.3) is 0 Å². The van der Waals surface area contributed by atoms with Gasteiger partial charge >= 0.3 is 6.18 Å². The van der Waals surface area contributed by atoms with Gasteiger partial charge in [-0.2, -0.15) is 18.2 Å². The van der Waals surface area contributed by atoms with Gasteiger partial charge < -0.3 is 14.0 Å². The summed E-state index contributed by atoms with van der Waals surface area (Å²) in [6.07, 6.45) is 1.19. The van der Waals surface area contributed by atoms with E-state index in [2.05, 4.69) is 42.8 Å². The van der Waals surface area contributed by atoms with E-state index in [0.717, 1.165) is 55.8 Å². The van der Waals surface area contributed by atoms with Crippen LogP contribution in [0.3, 0.4) is 0 Å². The van der Waals surface area contributed by atoms with Crippen LogP contribution in [0.5, 0.6) is 5.75 Å². The Bertz CT molecular complexity index is 1440.